The lowest BCUT2D eigenvalue weighted by Gasteiger charge is -2.29. The van der Waals surface area contributed by atoms with Gasteiger partial charge in [-0.25, -0.2) is 4.39 Å². The van der Waals surface area contributed by atoms with Crippen LogP contribution in [0.3, 0.4) is 0 Å². The maximum Gasteiger partial charge on any atom is 0.185 e. The number of aromatic nitrogens is 1. The second-order valence-corrected chi connectivity index (χ2v) is 9.81. The molecule has 0 bridgehead atoms. The Kier molecular flexibility index (Phi) is 12.5. The van der Waals surface area contributed by atoms with Gasteiger partial charge in [0.05, 0.1) is 25.5 Å². The fraction of sp³-hybridized carbons (Fsp3) is 0.633. The van der Waals surface area contributed by atoms with Crippen LogP contribution in [0.1, 0.15) is 103 Å². The van der Waals surface area contributed by atoms with E-state index < -0.39 is 0 Å². The molecule has 1 aliphatic rings. The summed E-state index contributed by atoms with van der Waals surface area (Å²) in [5, 5.41) is 0. The van der Waals surface area contributed by atoms with Gasteiger partial charge in [-0.05, 0) is 37.1 Å². The van der Waals surface area contributed by atoms with Gasteiger partial charge in [0.15, 0.2) is 17.9 Å². The fourth-order valence-electron chi connectivity index (χ4n) is 4.50. The van der Waals surface area contributed by atoms with Crippen molar-refractivity contribution in [1.82, 2.24) is 4.98 Å². The monoisotopic (exact) mass is 485 g/mol. The molecule has 194 valence electrons. The van der Waals surface area contributed by atoms with Crippen LogP contribution in [-0.2, 0) is 9.47 Å². The van der Waals surface area contributed by atoms with Gasteiger partial charge in [0.1, 0.15) is 0 Å². The first kappa shape index (κ1) is 27.6. The van der Waals surface area contributed by atoms with E-state index in [1.807, 2.05) is 18.2 Å². The number of rotatable bonds is 16. The largest absolute Gasteiger partial charge is 0.491 e. The summed E-state index contributed by atoms with van der Waals surface area (Å²) < 4.78 is 32.2. The second kappa shape index (κ2) is 15.9. The third kappa shape index (κ3) is 9.53. The van der Waals surface area contributed by atoms with Gasteiger partial charge in [-0.3, -0.25) is 4.98 Å². The van der Waals surface area contributed by atoms with Gasteiger partial charge in [0, 0.05) is 23.2 Å². The fourth-order valence-corrected chi connectivity index (χ4v) is 4.50. The minimum atomic E-state index is -0.373. The third-order valence-corrected chi connectivity index (χ3v) is 6.72. The maximum absolute atomic E-state index is 14.6. The topological polar surface area (TPSA) is 40.6 Å². The van der Waals surface area contributed by atoms with Crippen molar-refractivity contribution >= 4 is 0 Å². The first-order valence-electron chi connectivity index (χ1n) is 13.8. The number of pyridine rings is 1. The van der Waals surface area contributed by atoms with Crippen LogP contribution in [0.15, 0.2) is 36.5 Å². The molecule has 0 saturated carbocycles. The van der Waals surface area contributed by atoms with Crippen LogP contribution in [-0.4, -0.2) is 24.8 Å². The standard InChI is InChI=1S/C30H44FNO3/c1-3-5-7-9-11-13-19-33-29-18-16-25(20-27(29)31)28-17-15-26(21-32-28)30-34-22-24(23-35-30)14-12-10-8-6-4-2/h15-18,20-21,24,30H,3-14,19,22-23H2,1-2H3/t24-,30-. The highest BCUT2D eigenvalue weighted by atomic mass is 19.1. The number of hydrogen-bond acceptors (Lipinski definition) is 4. The van der Waals surface area contributed by atoms with Gasteiger partial charge in [-0.15, -0.1) is 0 Å². The Balaban J connectivity index is 1.42. The van der Waals surface area contributed by atoms with Crippen molar-refractivity contribution in [2.45, 2.75) is 97.2 Å². The van der Waals surface area contributed by atoms with E-state index in [0.29, 0.717) is 18.3 Å². The van der Waals surface area contributed by atoms with E-state index in [4.69, 9.17) is 14.2 Å². The van der Waals surface area contributed by atoms with Crippen LogP contribution < -0.4 is 4.74 Å². The van der Waals surface area contributed by atoms with E-state index in [-0.39, 0.29) is 12.1 Å². The SMILES string of the molecule is CCCCCCCCOc1ccc(-c2ccc([C@H]3OC[C@H](CCCCCCC)CO3)cn2)cc1F. The van der Waals surface area contributed by atoms with Gasteiger partial charge < -0.3 is 14.2 Å². The first-order valence-corrected chi connectivity index (χ1v) is 13.8. The van der Waals surface area contributed by atoms with E-state index in [1.54, 1.807) is 12.3 Å². The highest BCUT2D eigenvalue weighted by Gasteiger charge is 2.23. The predicted molar refractivity (Wildman–Crippen MR) is 140 cm³/mol. The average molecular weight is 486 g/mol. The van der Waals surface area contributed by atoms with Crippen molar-refractivity contribution in [1.29, 1.82) is 0 Å². The zero-order valence-corrected chi connectivity index (χ0v) is 21.8. The summed E-state index contributed by atoms with van der Waals surface area (Å²) in [6.45, 7) is 6.46. The van der Waals surface area contributed by atoms with Crippen molar-refractivity contribution in [2.24, 2.45) is 5.92 Å². The maximum atomic E-state index is 14.6. The number of nitrogens with zero attached hydrogens (tertiary/aromatic N) is 1. The smallest absolute Gasteiger partial charge is 0.185 e. The molecule has 35 heavy (non-hydrogen) atoms. The molecule has 4 nitrogen and oxygen atoms in total. The van der Waals surface area contributed by atoms with Crippen molar-refractivity contribution in [3.05, 3.63) is 47.9 Å². The van der Waals surface area contributed by atoms with E-state index in [2.05, 4.69) is 18.8 Å². The Morgan fingerprint density at radius 1 is 0.857 bits per heavy atom. The molecular formula is C30H44FNO3. The van der Waals surface area contributed by atoms with E-state index in [1.165, 1.54) is 63.9 Å². The predicted octanol–water partition coefficient (Wildman–Crippen LogP) is 8.65. The van der Waals surface area contributed by atoms with Gasteiger partial charge in [0.2, 0.25) is 0 Å². The zero-order valence-electron chi connectivity index (χ0n) is 21.8. The second-order valence-electron chi connectivity index (χ2n) is 9.81. The molecule has 2 aromatic rings. The number of unbranched alkanes of at least 4 members (excludes halogenated alkanes) is 9. The summed E-state index contributed by atoms with van der Waals surface area (Å²) in [5.74, 6) is 0.437. The lowest BCUT2D eigenvalue weighted by atomic mass is 10.0. The van der Waals surface area contributed by atoms with E-state index in [9.17, 15) is 4.39 Å². The Morgan fingerprint density at radius 3 is 2.20 bits per heavy atom. The highest BCUT2D eigenvalue weighted by molar-refractivity contribution is 5.60. The molecular weight excluding hydrogens is 441 g/mol. The Labute approximate surface area is 211 Å². The molecule has 0 N–H and O–H groups in total. The number of halogens is 1. The van der Waals surface area contributed by atoms with Crippen molar-refractivity contribution in [2.75, 3.05) is 19.8 Å². The molecule has 0 radical (unpaired) electrons. The zero-order chi connectivity index (χ0) is 24.7. The van der Waals surface area contributed by atoms with Crippen LogP contribution in [0.25, 0.3) is 11.3 Å². The summed E-state index contributed by atoms with van der Waals surface area (Å²) in [4.78, 5) is 4.54. The van der Waals surface area contributed by atoms with Crippen molar-refractivity contribution < 1.29 is 18.6 Å². The van der Waals surface area contributed by atoms with Gasteiger partial charge in [0.25, 0.3) is 0 Å². The van der Waals surface area contributed by atoms with Crippen LogP contribution in [0, 0.1) is 11.7 Å². The summed E-state index contributed by atoms with van der Waals surface area (Å²) in [5.41, 5.74) is 2.35. The molecule has 0 unspecified atom stereocenters. The number of hydrogen-bond donors (Lipinski definition) is 0. The molecule has 1 saturated heterocycles. The molecule has 0 spiro atoms. The lowest BCUT2D eigenvalue weighted by molar-refractivity contribution is -0.206. The van der Waals surface area contributed by atoms with Crippen LogP contribution in [0.4, 0.5) is 4.39 Å². The summed E-state index contributed by atoms with van der Waals surface area (Å²) in [7, 11) is 0. The minimum absolute atomic E-state index is 0.308. The van der Waals surface area contributed by atoms with E-state index in [0.717, 1.165) is 49.3 Å². The molecule has 1 fully saturated rings. The van der Waals surface area contributed by atoms with Crippen LogP contribution >= 0.6 is 0 Å². The Bertz CT molecular complexity index is 834. The molecule has 1 aromatic heterocycles. The average Bonchev–Trinajstić information content (AvgIpc) is 2.89. The molecule has 5 heteroatoms. The third-order valence-electron chi connectivity index (χ3n) is 6.72. The lowest BCUT2D eigenvalue weighted by Crippen LogP contribution is -2.27. The molecule has 3 rings (SSSR count). The van der Waals surface area contributed by atoms with Crippen LogP contribution in [0.5, 0.6) is 5.75 Å². The molecule has 1 aromatic carbocycles. The van der Waals surface area contributed by atoms with Gasteiger partial charge in [-0.1, -0.05) is 84.1 Å². The highest BCUT2D eigenvalue weighted by Crippen LogP contribution is 2.29. The minimum Gasteiger partial charge on any atom is -0.491 e. The van der Waals surface area contributed by atoms with Crippen molar-refractivity contribution in [3.8, 4) is 17.0 Å². The molecule has 2 heterocycles. The van der Waals surface area contributed by atoms with Crippen molar-refractivity contribution in [3.63, 3.8) is 0 Å². The Morgan fingerprint density at radius 2 is 1.54 bits per heavy atom. The first-order chi connectivity index (χ1) is 17.2. The Hall–Kier alpha value is -1.98. The van der Waals surface area contributed by atoms with Gasteiger partial charge >= 0.3 is 0 Å². The molecule has 0 aliphatic carbocycles. The summed E-state index contributed by atoms with van der Waals surface area (Å²) in [6, 6.07) is 8.91. The van der Waals surface area contributed by atoms with E-state index >= 15 is 0 Å². The number of benzene rings is 1. The molecule has 0 atom stereocenters. The quantitative estimate of drug-likeness (QED) is 0.223. The summed E-state index contributed by atoms with van der Waals surface area (Å²) in [6.07, 6.45) is 16.1. The molecule has 0 amide bonds. The summed E-state index contributed by atoms with van der Waals surface area (Å²) >= 11 is 0. The normalized spacial score (nSPS) is 18.0. The van der Waals surface area contributed by atoms with Crippen LogP contribution in [0.2, 0.25) is 0 Å². The molecule has 1 aliphatic heterocycles. The number of ether oxygens (including phenoxy) is 3. The van der Waals surface area contributed by atoms with Gasteiger partial charge in [-0.2, -0.15) is 0 Å².